The molecule has 1 unspecified atom stereocenters. The zero-order valence-corrected chi connectivity index (χ0v) is 7.91. The number of benzene rings is 1. The van der Waals surface area contributed by atoms with Crippen LogP contribution in [0.3, 0.4) is 0 Å². The SMILES string of the molecule is CC(Oc1ccc(C=O)cc1)C(F)(F)F. The molecule has 0 aliphatic carbocycles. The minimum absolute atomic E-state index is 0.0884. The number of carbonyl (C=O) groups is 1. The van der Waals surface area contributed by atoms with Crippen molar-refractivity contribution in [1.82, 2.24) is 0 Å². The number of aldehydes is 1. The number of halogens is 3. The molecule has 0 aromatic heterocycles. The van der Waals surface area contributed by atoms with Crippen molar-refractivity contribution in [2.45, 2.75) is 19.2 Å². The van der Waals surface area contributed by atoms with Crippen molar-refractivity contribution in [3.05, 3.63) is 29.8 Å². The third-order valence-corrected chi connectivity index (χ3v) is 1.79. The van der Waals surface area contributed by atoms with Crippen LogP contribution < -0.4 is 4.74 Å². The van der Waals surface area contributed by atoms with E-state index in [-0.39, 0.29) is 5.75 Å². The second-order valence-electron chi connectivity index (χ2n) is 2.99. The van der Waals surface area contributed by atoms with Crippen molar-refractivity contribution in [3.8, 4) is 5.75 Å². The average Bonchev–Trinajstić information content (AvgIpc) is 2.17. The van der Waals surface area contributed by atoms with Crippen LogP contribution in [-0.4, -0.2) is 18.6 Å². The molecule has 1 atom stereocenters. The van der Waals surface area contributed by atoms with Crippen LogP contribution in [0.1, 0.15) is 17.3 Å². The molecule has 1 aromatic carbocycles. The fourth-order valence-corrected chi connectivity index (χ4v) is 0.896. The smallest absolute Gasteiger partial charge is 0.425 e. The molecule has 0 heterocycles. The summed E-state index contributed by atoms with van der Waals surface area (Å²) in [7, 11) is 0. The number of hydrogen-bond donors (Lipinski definition) is 0. The first kappa shape index (κ1) is 11.6. The summed E-state index contributed by atoms with van der Waals surface area (Å²) < 4.78 is 40.9. The van der Waals surface area contributed by atoms with Crippen LogP contribution in [0.25, 0.3) is 0 Å². The highest BCUT2D eigenvalue weighted by Gasteiger charge is 2.37. The van der Waals surface area contributed by atoms with Crippen LogP contribution in [0.4, 0.5) is 13.2 Å². The first-order valence-corrected chi connectivity index (χ1v) is 4.22. The van der Waals surface area contributed by atoms with E-state index in [9.17, 15) is 18.0 Å². The Balaban J connectivity index is 2.69. The summed E-state index contributed by atoms with van der Waals surface area (Å²) >= 11 is 0. The zero-order valence-electron chi connectivity index (χ0n) is 7.91. The van der Waals surface area contributed by atoms with Crippen molar-refractivity contribution in [1.29, 1.82) is 0 Å². The van der Waals surface area contributed by atoms with Gasteiger partial charge in [0.25, 0.3) is 0 Å². The van der Waals surface area contributed by atoms with Gasteiger partial charge in [-0.05, 0) is 31.2 Å². The molecule has 1 aromatic rings. The largest absolute Gasteiger partial charge is 0.481 e. The molecule has 0 bridgehead atoms. The molecule has 1 rings (SSSR count). The van der Waals surface area contributed by atoms with Gasteiger partial charge in [0.15, 0.2) is 6.10 Å². The minimum atomic E-state index is -4.39. The Morgan fingerprint density at radius 3 is 2.20 bits per heavy atom. The fraction of sp³-hybridized carbons (Fsp3) is 0.300. The van der Waals surface area contributed by atoms with Gasteiger partial charge in [0, 0.05) is 5.56 Å². The van der Waals surface area contributed by atoms with Crippen LogP contribution in [0.15, 0.2) is 24.3 Å². The second kappa shape index (κ2) is 4.33. The van der Waals surface area contributed by atoms with Gasteiger partial charge in [-0.2, -0.15) is 13.2 Å². The Labute approximate surface area is 84.7 Å². The molecule has 0 N–H and O–H groups in total. The van der Waals surface area contributed by atoms with Gasteiger partial charge in [0.1, 0.15) is 12.0 Å². The molecule has 0 fully saturated rings. The number of carbonyl (C=O) groups excluding carboxylic acids is 1. The number of alkyl halides is 3. The van der Waals surface area contributed by atoms with E-state index in [0.717, 1.165) is 6.92 Å². The molecule has 2 nitrogen and oxygen atoms in total. The van der Waals surface area contributed by atoms with Crippen LogP contribution in [0, 0.1) is 0 Å². The Morgan fingerprint density at radius 1 is 1.27 bits per heavy atom. The predicted octanol–water partition coefficient (Wildman–Crippen LogP) is 2.83. The molecule has 0 saturated carbocycles. The van der Waals surface area contributed by atoms with Gasteiger partial charge in [0.05, 0.1) is 0 Å². The van der Waals surface area contributed by atoms with Crippen LogP contribution >= 0.6 is 0 Å². The van der Waals surface area contributed by atoms with Crippen molar-refractivity contribution in [3.63, 3.8) is 0 Å². The van der Waals surface area contributed by atoms with E-state index in [1.54, 1.807) is 0 Å². The van der Waals surface area contributed by atoms with Crippen molar-refractivity contribution >= 4 is 6.29 Å². The second-order valence-corrected chi connectivity index (χ2v) is 2.99. The normalized spacial score (nSPS) is 13.3. The van der Waals surface area contributed by atoms with Gasteiger partial charge in [-0.3, -0.25) is 4.79 Å². The van der Waals surface area contributed by atoms with Gasteiger partial charge in [0.2, 0.25) is 0 Å². The highest BCUT2D eigenvalue weighted by molar-refractivity contribution is 5.74. The molecule has 5 heteroatoms. The van der Waals surface area contributed by atoms with Crippen molar-refractivity contribution < 1.29 is 22.7 Å². The third-order valence-electron chi connectivity index (χ3n) is 1.79. The Morgan fingerprint density at radius 2 is 1.80 bits per heavy atom. The van der Waals surface area contributed by atoms with E-state index in [0.29, 0.717) is 11.8 Å². The molecular weight excluding hydrogens is 209 g/mol. The molecule has 0 spiro atoms. The monoisotopic (exact) mass is 218 g/mol. The third kappa shape index (κ3) is 3.27. The molecule has 0 aliphatic rings. The lowest BCUT2D eigenvalue weighted by molar-refractivity contribution is -0.189. The van der Waals surface area contributed by atoms with E-state index in [1.165, 1.54) is 24.3 Å². The maximum absolute atomic E-state index is 12.1. The van der Waals surface area contributed by atoms with Gasteiger partial charge in [-0.25, -0.2) is 0 Å². The lowest BCUT2D eigenvalue weighted by Gasteiger charge is -2.17. The minimum Gasteiger partial charge on any atom is -0.481 e. The maximum atomic E-state index is 12.1. The Kier molecular flexibility index (Phi) is 3.34. The molecule has 0 aliphatic heterocycles. The van der Waals surface area contributed by atoms with Gasteiger partial charge < -0.3 is 4.74 Å². The van der Waals surface area contributed by atoms with Crippen molar-refractivity contribution in [2.75, 3.05) is 0 Å². The lowest BCUT2D eigenvalue weighted by atomic mass is 10.2. The van der Waals surface area contributed by atoms with Crippen molar-refractivity contribution in [2.24, 2.45) is 0 Å². The summed E-state index contributed by atoms with van der Waals surface area (Å²) in [6.45, 7) is 0.924. The lowest BCUT2D eigenvalue weighted by Crippen LogP contribution is -2.31. The van der Waals surface area contributed by atoms with Gasteiger partial charge in [-0.1, -0.05) is 0 Å². The fourth-order valence-electron chi connectivity index (χ4n) is 0.896. The summed E-state index contributed by atoms with van der Waals surface area (Å²) in [6, 6.07) is 5.44. The first-order chi connectivity index (χ1) is 6.93. The molecule has 0 radical (unpaired) electrons. The summed E-state index contributed by atoms with van der Waals surface area (Å²) in [5.74, 6) is 0.0884. The van der Waals surface area contributed by atoms with Gasteiger partial charge >= 0.3 is 6.18 Å². The molecule has 15 heavy (non-hydrogen) atoms. The molecular formula is C10H9F3O2. The topological polar surface area (TPSA) is 26.3 Å². The van der Waals surface area contributed by atoms with Crippen LogP contribution in [-0.2, 0) is 0 Å². The van der Waals surface area contributed by atoms with Gasteiger partial charge in [-0.15, -0.1) is 0 Å². The highest BCUT2D eigenvalue weighted by atomic mass is 19.4. The van der Waals surface area contributed by atoms with E-state index in [2.05, 4.69) is 4.74 Å². The zero-order chi connectivity index (χ0) is 11.5. The van der Waals surface area contributed by atoms with Crippen LogP contribution in [0.5, 0.6) is 5.75 Å². The summed E-state index contributed by atoms with van der Waals surface area (Å²) in [4.78, 5) is 10.3. The average molecular weight is 218 g/mol. The Hall–Kier alpha value is -1.52. The maximum Gasteiger partial charge on any atom is 0.425 e. The molecule has 0 saturated heterocycles. The molecule has 82 valence electrons. The highest BCUT2D eigenvalue weighted by Crippen LogP contribution is 2.24. The predicted molar refractivity (Wildman–Crippen MR) is 48.0 cm³/mol. The summed E-state index contributed by atoms with van der Waals surface area (Å²) in [5.41, 5.74) is 0.391. The van der Waals surface area contributed by atoms with E-state index < -0.39 is 12.3 Å². The molecule has 0 amide bonds. The van der Waals surface area contributed by atoms with E-state index >= 15 is 0 Å². The first-order valence-electron chi connectivity index (χ1n) is 4.22. The van der Waals surface area contributed by atoms with Crippen LogP contribution in [0.2, 0.25) is 0 Å². The number of rotatable bonds is 3. The van der Waals surface area contributed by atoms with E-state index in [4.69, 9.17) is 0 Å². The van der Waals surface area contributed by atoms with E-state index in [1.807, 2.05) is 0 Å². The number of ether oxygens (including phenoxy) is 1. The number of hydrogen-bond acceptors (Lipinski definition) is 2. The standard InChI is InChI=1S/C10H9F3O2/c1-7(10(11,12)13)15-9-4-2-8(6-14)3-5-9/h2-7H,1H3. The quantitative estimate of drug-likeness (QED) is 0.729. The summed E-state index contributed by atoms with van der Waals surface area (Å²) in [5, 5.41) is 0. The summed E-state index contributed by atoms with van der Waals surface area (Å²) in [6.07, 6.45) is -5.64. The Bertz CT molecular complexity index is 330.